The van der Waals surface area contributed by atoms with Gasteiger partial charge >= 0.3 is 5.69 Å². The fraction of sp³-hybridized carbons (Fsp3) is 0.171. The summed E-state index contributed by atoms with van der Waals surface area (Å²) >= 11 is 3.50. The number of hydrogen-bond acceptors (Lipinski definition) is 6. The van der Waals surface area contributed by atoms with E-state index >= 15 is 0 Å². The molecular weight excluding hydrogens is 648 g/mol. The lowest BCUT2D eigenvalue weighted by Crippen LogP contribution is -2.47. The van der Waals surface area contributed by atoms with Crippen molar-refractivity contribution in [3.63, 3.8) is 0 Å². The van der Waals surface area contributed by atoms with Crippen molar-refractivity contribution in [2.45, 2.75) is 39.5 Å². The molecule has 4 heterocycles. The average Bonchev–Trinajstić information content (AvgIpc) is 3.66. The number of aryl methyl sites for hydroxylation is 1. The molecule has 46 heavy (non-hydrogen) atoms. The van der Waals surface area contributed by atoms with Crippen molar-refractivity contribution >= 4 is 38.7 Å². The molecule has 0 bridgehead atoms. The van der Waals surface area contributed by atoms with E-state index < -0.39 is 5.91 Å². The summed E-state index contributed by atoms with van der Waals surface area (Å²) < 4.78 is 9.48. The summed E-state index contributed by atoms with van der Waals surface area (Å²) in [5.41, 5.74) is 4.58. The molecule has 0 aliphatic carbocycles. The topological polar surface area (TPSA) is 115 Å². The zero-order chi connectivity index (χ0) is 31.9. The Balaban J connectivity index is 1.29. The highest BCUT2D eigenvalue weighted by atomic mass is 79.9. The molecule has 0 fully saturated rings. The average molecular weight is 678 g/mol. The summed E-state index contributed by atoms with van der Waals surface area (Å²) in [6, 6.07) is 21.7. The molecule has 230 valence electrons. The van der Waals surface area contributed by atoms with Gasteiger partial charge in [-0.15, -0.1) is 0 Å². The van der Waals surface area contributed by atoms with Gasteiger partial charge < -0.3 is 14.6 Å². The monoisotopic (exact) mass is 676 g/mol. The van der Waals surface area contributed by atoms with Crippen LogP contribution in [0.4, 0.5) is 0 Å². The van der Waals surface area contributed by atoms with Gasteiger partial charge in [0.05, 0.1) is 24.2 Å². The lowest BCUT2D eigenvalue weighted by atomic mass is 10.1. The van der Waals surface area contributed by atoms with Gasteiger partial charge in [-0.3, -0.25) is 18.7 Å². The van der Waals surface area contributed by atoms with Crippen LogP contribution in [-0.2, 0) is 19.6 Å². The highest BCUT2D eigenvalue weighted by Gasteiger charge is 2.35. The SMILES string of the molecule is Cc1cc(C(=O)N2Cc3c(C(=O)NCc4ccccc4-c4ncccn4)n(-c4ccc5occc5c4)c(=O)n3C[C@@H]2C)ccc1Br. The lowest BCUT2D eigenvalue weighted by Gasteiger charge is -2.34. The zero-order valence-electron chi connectivity index (χ0n) is 25.1. The van der Waals surface area contributed by atoms with Crippen molar-refractivity contribution in [1.29, 1.82) is 0 Å². The molecule has 0 spiro atoms. The highest BCUT2D eigenvalue weighted by molar-refractivity contribution is 9.10. The van der Waals surface area contributed by atoms with Crippen LogP contribution in [0.2, 0.25) is 0 Å². The predicted octanol–water partition coefficient (Wildman–Crippen LogP) is 5.89. The number of nitrogens with zero attached hydrogens (tertiary/aromatic N) is 5. The molecule has 3 aromatic heterocycles. The second kappa shape index (κ2) is 11.9. The van der Waals surface area contributed by atoms with Gasteiger partial charge in [0, 0.05) is 52.5 Å². The van der Waals surface area contributed by atoms with Crippen molar-refractivity contribution < 1.29 is 14.0 Å². The fourth-order valence-electron chi connectivity index (χ4n) is 5.99. The number of aromatic nitrogens is 4. The van der Waals surface area contributed by atoms with E-state index in [2.05, 4.69) is 31.2 Å². The Labute approximate surface area is 272 Å². The summed E-state index contributed by atoms with van der Waals surface area (Å²) in [7, 11) is 0. The number of amides is 2. The van der Waals surface area contributed by atoms with E-state index in [0.717, 1.165) is 26.5 Å². The van der Waals surface area contributed by atoms with Gasteiger partial charge in [-0.05, 0) is 73.5 Å². The Hall–Kier alpha value is -5.29. The number of carbonyl (C=O) groups is 2. The van der Waals surface area contributed by atoms with Crippen LogP contribution in [-0.4, -0.2) is 41.9 Å². The molecule has 0 radical (unpaired) electrons. The minimum absolute atomic E-state index is 0.0858. The normalized spacial score (nSPS) is 14.3. The largest absolute Gasteiger partial charge is 0.464 e. The van der Waals surface area contributed by atoms with Crippen molar-refractivity contribution in [3.05, 3.63) is 134 Å². The van der Waals surface area contributed by atoms with Gasteiger partial charge in [0.2, 0.25) is 0 Å². The predicted molar refractivity (Wildman–Crippen MR) is 177 cm³/mol. The van der Waals surface area contributed by atoms with Gasteiger partial charge in [-0.2, -0.15) is 0 Å². The number of benzene rings is 3. The summed E-state index contributed by atoms with van der Waals surface area (Å²) in [5.74, 6) is -0.0638. The number of fused-ring (bicyclic) bond motifs is 2. The van der Waals surface area contributed by atoms with Crippen LogP contribution in [0.3, 0.4) is 0 Å². The maximum absolute atomic E-state index is 14.2. The van der Waals surface area contributed by atoms with E-state index in [-0.39, 0.29) is 43.0 Å². The molecule has 11 heteroatoms. The molecule has 3 aromatic carbocycles. The molecule has 10 nitrogen and oxygen atoms in total. The van der Waals surface area contributed by atoms with Crippen LogP contribution in [0, 0.1) is 6.92 Å². The number of hydrogen-bond donors (Lipinski definition) is 1. The van der Waals surface area contributed by atoms with E-state index in [9.17, 15) is 14.4 Å². The van der Waals surface area contributed by atoms with E-state index in [4.69, 9.17) is 4.42 Å². The first kappa shape index (κ1) is 29.4. The summed E-state index contributed by atoms with van der Waals surface area (Å²) in [6.45, 7) is 4.34. The Morgan fingerprint density at radius 1 is 1.02 bits per heavy atom. The number of furan rings is 1. The van der Waals surface area contributed by atoms with E-state index in [1.807, 2.05) is 62.4 Å². The van der Waals surface area contributed by atoms with E-state index in [1.165, 1.54) is 4.57 Å². The number of rotatable bonds is 6. The lowest BCUT2D eigenvalue weighted by molar-refractivity contribution is 0.0610. The molecule has 2 amide bonds. The summed E-state index contributed by atoms with van der Waals surface area (Å²) in [6.07, 6.45) is 4.92. The van der Waals surface area contributed by atoms with Gasteiger partial charge in [0.1, 0.15) is 11.3 Å². The zero-order valence-corrected chi connectivity index (χ0v) is 26.7. The minimum Gasteiger partial charge on any atom is -0.464 e. The van der Waals surface area contributed by atoms with Gasteiger partial charge in [-0.1, -0.05) is 40.2 Å². The first-order valence-electron chi connectivity index (χ1n) is 14.8. The first-order chi connectivity index (χ1) is 22.3. The van der Waals surface area contributed by atoms with Gasteiger partial charge in [0.25, 0.3) is 11.8 Å². The maximum atomic E-state index is 14.2. The fourth-order valence-corrected chi connectivity index (χ4v) is 6.23. The van der Waals surface area contributed by atoms with Crippen LogP contribution in [0.1, 0.15) is 44.6 Å². The van der Waals surface area contributed by atoms with Gasteiger partial charge in [-0.25, -0.2) is 14.8 Å². The van der Waals surface area contributed by atoms with Crippen LogP contribution >= 0.6 is 15.9 Å². The van der Waals surface area contributed by atoms with Crippen molar-refractivity contribution in [2.75, 3.05) is 0 Å². The molecule has 0 saturated heterocycles. The molecule has 1 atom stereocenters. The maximum Gasteiger partial charge on any atom is 0.333 e. The molecule has 7 rings (SSSR count). The Morgan fingerprint density at radius 3 is 2.63 bits per heavy atom. The smallest absolute Gasteiger partial charge is 0.333 e. The van der Waals surface area contributed by atoms with Crippen molar-refractivity contribution in [1.82, 2.24) is 29.3 Å². The Kier molecular flexibility index (Phi) is 7.61. The van der Waals surface area contributed by atoms with Crippen LogP contribution < -0.4 is 11.0 Å². The number of carbonyl (C=O) groups excluding carboxylic acids is 2. The third kappa shape index (κ3) is 5.22. The number of nitrogens with one attached hydrogen (secondary N) is 1. The van der Waals surface area contributed by atoms with E-state index in [0.29, 0.717) is 28.4 Å². The molecule has 6 aromatic rings. The molecular formula is C35H29BrN6O4. The second-order valence-electron chi connectivity index (χ2n) is 11.3. The molecule has 1 aliphatic heterocycles. The molecule has 1 aliphatic rings. The molecule has 0 unspecified atom stereocenters. The van der Waals surface area contributed by atoms with E-state index in [1.54, 1.807) is 52.4 Å². The quantitative estimate of drug-likeness (QED) is 0.235. The van der Waals surface area contributed by atoms with Crippen LogP contribution in [0.15, 0.2) is 105 Å². The minimum atomic E-state index is -0.441. The number of imidazole rings is 1. The van der Waals surface area contributed by atoms with Crippen LogP contribution in [0.25, 0.3) is 28.0 Å². The summed E-state index contributed by atoms with van der Waals surface area (Å²) in [5, 5.41) is 3.84. The molecule has 0 saturated carbocycles. The first-order valence-corrected chi connectivity index (χ1v) is 15.6. The Bertz CT molecular complexity index is 2180. The number of halogens is 1. The van der Waals surface area contributed by atoms with Crippen molar-refractivity contribution in [3.8, 4) is 17.1 Å². The van der Waals surface area contributed by atoms with Crippen LogP contribution in [0.5, 0.6) is 0 Å². The van der Waals surface area contributed by atoms with Crippen molar-refractivity contribution in [2.24, 2.45) is 0 Å². The second-order valence-corrected chi connectivity index (χ2v) is 12.2. The Morgan fingerprint density at radius 2 is 1.83 bits per heavy atom. The summed E-state index contributed by atoms with van der Waals surface area (Å²) in [4.78, 5) is 52.6. The third-order valence-corrected chi connectivity index (χ3v) is 9.27. The van der Waals surface area contributed by atoms with Gasteiger partial charge in [0.15, 0.2) is 5.82 Å². The highest BCUT2D eigenvalue weighted by Crippen LogP contribution is 2.28. The molecule has 1 N–H and O–H groups in total. The third-order valence-electron chi connectivity index (χ3n) is 8.38. The standard InChI is InChI=1S/C35H29BrN6O4/c1-21-16-24(8-10-28(21)36)34(44)40-20-29-31(33(43)39-18-25-6-3-4-7-27(25)32-37-13-5-14-38-32)42(35(45)41(29)19-22(40)2)26-9-11-30-23(17-26)12-15-46-30/h3-17,22H,18-20H2,1-2H3,(H,39,43)/t22-/m0/s1.